The van der Waals surface area contributed by atoms with E-state index in [9.17, 15) is 8.78 Å². The molecule has 1 saturated heterocycles. The highest BCUT2D eigenvalue weighted by atomic mass is 79.9. The van der Waals surface area contributed by atoms with E-state index >= 15 is 0 Å². The van der Waals surface area contributed by atoms with Crippen LogP contribution in [-0.2, 0) is 9.47 Å². The van der Waals surface area contributed by atoms with Crippen LogP contribution in [0.1, 0.15) is 0 Å². The van der Waals surface area contributed by atoms with E-state index in [1.807, 2.05) is 0 Å². The third-order valence-electron chi connectivity index (χ3n) is 2.64. The molecule has 1 aliphatic rings. The Morgan fingerprint density at radius 2 is 1.55 bits per heavy atom. The predicted molar refractivity (Wildman–Crippen MR) is 91.1 cm³/mol. The fourth-order valence-corrected chi connectivity index (χ4v) is 6.38. The van der Waals surface area contributed by atoms with E-state index in [2.05, 4.69) is 79.6 Å². The molecule has 1 aliphatic heterocycles. The summed E-state index contributed by atoms with van der Waals surface area (Å²) in [6, 6.07) is 0. The minimum atomic E-state index is -3.25. The molecule has 1 heterocycles. The first kappa shape index (κ1) is 20.1. The molecule has 1 fully saturated rings. The zero-order chi connectivity index (χ0) is 15.7. The number of nitrogens with zero attached hydrogens (tertiary/aromatic N) is 2. The Bertz CT molecular complexity index is 339. The lowest BCUT2D eigenvalue weighted by atomic mass is 10.5. The van der Waals surface area contributed by atoms with Crippen molar-refractivity contribution < 1.29 is 18.3 Å². The topological polar surface area (TPSA) is 24.9 Å². The van der Waals surface area contributed by atoms with Crippen molar-refractivity contribution in [3.05, 3.63) is 0 Å². The van der Waals surface area contributed by atoms with Crippen molar-refractivity contribution in [1.29, 1.82) is 0 Å². The molecule has 0 N–H and O–H groups in total. The van der Waals surface area contributed by atoms with E-state index in [1.165, 1.54) is 14.2 Å². The van der Waals surface area contributed by atoms with Crippen LogP contribution in [0.2, 0.25) is 0 Å². The number of hydrogen-bond donors (Lipinski definition) is 0. The van der Waals surface area contributed by atoms with E-state index in [4.69, 9.17) is 9.47 Å². The van der Waals surface area contributed by atoms with Crippen LogP contribution in [0.15, 0.2) is 0 Å². The number of halogens is 7. The maximum atomic E-state index is 14.8. The third-order valence-corrected chi connectivity index (χ3v) is 7.99. The molecule has 1 rings (SSSR count). The first-order valence-corrected chi connectivity index (χ1v) is 9.69. The second-order valence-electron chi connectivity index (χ2n) is 3.99. The number of rotatable bonds is 6. The molecule has 11 heteroatoms. The second-order valence-corrected chi connectivity index (χ2v) is 10.5. The summed E-state index contributed by atoms with van der Waals surface area (Å²) in [5, 5.41) is 0. The molecule has 120 valence electrons. The first-order chi connectivity index (χ1) is 9.12. The van der Waals surface area contributed by atoms with Gasteiger partial charge in [0.15, 0.2) is 3.36 Å². The molecule has 0 spiro atoms. The van der Waals surface area contributed by atoms with Gasteiger partial charge in [0.1, 0.15) is 4.95 Å². The summed E-state index contributed by atoms with van der Waals surface area (Å²) < 4.78 is 38.2. The van der Waals surface area contributed by atoms with Crippen LogP contribution in [0, 0.1) is 0 Å². The highest BCUT2D eigenvalue weighted by Crippen LogP contribution is 2.56. The fraction of sp³-hybridized carbons (Fsp3) is 1.00. The van der Waals surface area contributed by atoms with Gasteiger partial charge in [-0.15, -0.1) is 0 Å². The average molecular weight is 619 g/mol. The Morgan fingerprint density at radius 1 is 1.10 bits per heavy atom. The van der Waals surface area contributed by atoms with Crippen LogP contribution in [0.4, 0.5) is 8.78 Å². The summed E-state index contributed by atoms with van der Waals surface area (Å²) in [4.78, 5) is -0.194. The lowest BCUT2D eigenvalue weighted by Crippen LogP contribution is -2.54. The van der Waals surface area contributed by atoms with Crippen molar-refractivity contribution >= 4 is 79.6 Å². The fourth-order valence-electron chi connectivity index (χ4n) is 1.82. The summed E-state index contributed by atoms with van der Waals surface area (Å²) >= 11 is 16.4. The predicted octanol–water partition coefficient (Wildman–Crippen LogP) is 4.05. The van der Waals surface area contributed by atoms with Gasteiger partial charge in [-0.1, -0.05) is 79.6 Å². The van der Waals surface area contributed by atoms with Crippen molar-refractivity contribution in [3.8, 4) is 0 Å². The van der Waals surface area contributed by atoms with Gasteiger partial charge in [0.25, 0.3) is 0 Å². The van der Waals surface area contributed by atoms with Crippen LogP contribution in [-0.4, -0.2) is 61.6 Å². The standard InChI is InChI=1S/C9H13Br5F2N2O2/c1-19-3-5(10)17-7(12)8(13,14)18(9(17,15)16)6(11)4-20-2/h5-7H,3-4H2,1-2H3. The van der Waals surface area contributed by atoms with Gasteiger partial charge in [0.05, 0.1) is 23.1 Å². The maximum Gasteiger partial charge on any atom is 0.374 e. The van der Waals surface area contributed by atoms with E-state index < -0.39 is 24.4 Å². The molecule has 0 aromatic carbocycles. The summed E-state index contributed by atoms with van der Waals surface area (Å²) in [6.07, 6.45) is -3.25. The van der Waals surface area contributed by atoms with E-state index in [0.29, 0.717) is 0 Å². The number of ether oxygens (including phenoxy) is 2. The van der Waals surface area contributed by atoms with E-state index in [1.54, 1.807) is 0 Å². The number of alkyl halides is 7. The first-order valence-electron chi connectivity index (χ1n) is 5.36. The monoisotopic (exact) mass is 614 g/mol. The minimum absolute atomic E-state index is 0.0966. The Hall–Kier alpha value is 2.10. The zero-order valence-electron chi connectivity index (χ0n) is 10.5. The van der Waals surface area contributed by atoms with Crippen LogP contribution >= 0.6 is 79.6 Å². The quantitative estimate of drug-likeness (QED) is 0.332. The molecular formula is C9H13Br5F2N2O2. The summed E-state index contributed by atoms with van der Waals surface area (Å²) in [6.45, 7) is 0.207. The van der Waals surface area contributed by atoms with E-state index in [0.717, 1.165) is 9.80 Å². The van der Waals surface area contributed by atoms with Crippen LogP contribution < -0.4 is 0 Å². The van der Waals surface area contributed by atoms with Crippen LogP contribution in [0.25, 0.3) is 0 Å². The highest BCUT2D eigenvalue weighted by Gasteiger charge is 2.68. The summed E-state index contributed by atoms with van der Waals surface area (Å²) in [7, 11) is 2.91. The molecule has 3 atom stereocenters. The Morgan fingerprint density at radius 3 is 2.00 bits per heavy atom. The lowest BCUT2D eigenvalue weighted by Gasteiger charge is -2.36. The summed E-state index contributed by atoms with van der Waals surface area (Å²) in [5.41, 5.74) is 0. The number of methoxy groups -OCH3 is 2. The van der Waals surface area contributed by atoms with Gasteiger partial charge in [0, 0.05) is 14.2 Å². The van der Waals surface area contributed by atoms with E-state index in [-0.39, 0.29) is 13.2 Å². The molecule has 0 amide bonds. The highest BCUT2D eigenvalue weighted by molar-refractivity contribution is 9.26. The van der Waals surface area contributed by atoms with Gasteiger partial charge < -0.3 is 9.47 Å². The normalized spacial score (nSPS) is 29.6. The minimum Gasteiger partial charge on any atom is -0.382 e. The Labute approximate surface area is 158 Å². The third kappa shape index (κ3) is 3.77. The largest absolute Gasteiger partial charge is 0.382 e. The molecule has 3 unspecified atom stereocenters. The van der Waals surface area contributed by atoms with Gasteiger partial charge in [-0.2, -0.15) is 18.6 Å². The van der Waals surface area contributed by atoms with Crippen LogP contribution in [0.5, 0.6) is 0 Å². The molecule has 20 heavy (non-hydrogen) atoms. The molecule has 0 aromatic heterocycles. The molecule has 0 saturated carbocycles. The van der Waals surface area contributed by atoms with Gasteiger partial charge in [-0.05, 0) is 0 Å². The van der Waals surface area contributed by atoms with Crippen molar-refractivity contribution in [2.75, 3.05) is 27.4 Å². The lowest BCUT2D eigenvalue weighted by molar-refractivity contribution is -0.224. The molecular weight excluding hydrogens is 606 g/mol. The Balaban J connectivity index is 3.13. The van der Waals surface area contributed by atoms with Gasteiger partial charge in [-0.3, -0.25) is 0 Å². The molecule has 0 bridgehead atoms. The zero-order valence-corrected chi connectivity index (χ0v) is 18.4. The maximum absolute atomic E-state index is 14.8. The van der Waals surface area contributed by atoms with Crippen molar-refractivity contribution in [2.24, 2.45) is 0 Å². The van der Waals surface area contributed by atoms with Gasteiger partial charge >= 0.3 is 6.17 Å². The summed E-state index contributed by atoms with van der Waals surface area (Å²) in [5.74, 6) is 0. The van der Waals surface area contributed by atoms with Crippen molar-refractivity contribution in [3.63, 3.8) is 0 Å². The number of hydrogen-bond acceptors (Lipinski definition) is 4. The van der Waals surface area contributed by atoms with Crippen molar-refractivity contribution in [1.82, 2.24) is 9.80 Å². The second kappa shape index (κ2) is 7.78. The molecule has 0 aromatic rings. The molecule has 4 nitrogen and oxygen atoms in total. The van der Waals surface area contributed by atoms with Crippen LogP contribution in [0.3, 0.4) is 0 Å². The van der Waals surface area contributed by atoms with Gasteiger partial charge in [0.2, 0.25) is 0 Å². The van der Waals surface area contributed by atoms with Gasteiger partial charge in [-0.25, -0.2) is 0 Å². The SMILES string of the molecule is COCC(Br)N1C(Br)C(Br)(Br)N(C(Br)COC)C1(F)F. The molecule has 0 radical (unpaired) electrons. The average Bonchev–Trinajstić information content (AvgIpc) is 2.41. The van der Waals surface area contributed by atoms with Crippen molar-refractivity contribution in [2.45, 2.75) is 24.4 Å². The molecule has 0 aliphatic carbocycles. The smallest absolute Gasteiger partial charge is 0.374 e. The Kier molecular flexibility index (Phi) is 7.84.